The molecule has 1 atom stereocenters. The number of aliphatic carboxylic acids is 1. The van der Waals surface area contributed by atoms with Gasteiger partial charge < -0.3 is 15.7 Å². The summed E-state index contributed by atoms with van der Waals surface area (Å²) in [5.41, 5.74) is 2.71. The fourth-order valence-corrected chi connectivity index (χ4v) is 1.98. The van der Waals surface area contributed by atoms with Crippen LogP contribution < -0.4 is 10.6 Å². The van der Waals surface area contributed by atoms with Gasteiger partial charge in [0.1, 0.15) is 0 Å². The fraction of sp³-hybridized carbons (Fsp3) is 0.467. The number of amides is 2. The monoisotopic (exact) mass is 278 g/mol. The second kappa shape index (κ2) is 6.93. The molecule has 1 rings (SSSR count). The van der Waals surface area contributed by atoms with Crippen molar-refractivity contribution in [2.75, 3.05) is 11.9 Å². The number of nitrogens with one attached hydrogen (secondary N) is 2. The Morgan fingerprint density at radius 1 is 1.20 bits per heavy atom. The molecule has 1 unspecified atom stereocenters. The third-order valence-electron chi connectivity index (χ3n) is 3.32. The Balaban J connectivity index is 2.62. The molecule has 0 heterocycles. The minimum absolute atomic E-state index is 0.0343. The van der Waals surface area contributed by atoms with Crippen molar-refractivity contribution in [3.8, 4) is 0 Å². The van der Waals surface area contributed by atoms with Gasteiger partial charge in [-0.1, -0.05) is 32.0 Å². The molecule has 2 amide bonds. The Kier molecular flexibility index (Phi) is 5.55. The van der Waals surface area contributed by atoms with Crippen LogP contribution in [0.5, 0.6) is 0 Å². The quantitative estimate of drug-likeness (QED) is 0.775. The van der Waals surface area contributed by atoms with Crippen LogP contribution >= 0.6 is 0 Å². The highest BCUT2D eigenvalue weighted by Gasteiger charge is 2.22. The van der Waals surface area contributed by atoms with Gasteiger partial charge in [0.2, 0.25) is 0 Å². The molecule has 5 heteroatoms. The Hall–Kier alpha value is -2.04. The second-order valence-electron chi connectivity index (χ2n) is 5.29. The number of rotatable bonds is 5. The molecule has 0 saturated carbocycles. The Labute approximate surface area is 119 Å². The SMILES string of the molecule is Cc1cccc(C)c1NC(=O)NCC(C(=O)O)C(C)C. The highest BCUT2D eigenvalue weighted by molar-refractivity contribution is 5.91. The molecule has 0 aromatic heterocycles. The van der Waals surface area contributed by atoms with Crippen LogP contribution in [0.15, 0.2) is 18.2 Å². The van der Waals surface area contributed by atoms with Crippen molar-refractivity contribution in [2.45, 2.75) is 27.7 Å². The maximum Gasteiger partial charge on any atom is 0.319 e. The molecule has 20 heavy (non-hydrogen) atoms. The number of urea groups is 1. The number of anilines is 1. The third-order valence-corrected chi connectivity index (χ3v) is 3.32. The van der Waals surface area contributed by atoms with Crippen LogP contribution in [0.1, 0.15) is 25.0 Å². The van der Waals surface area contributed by atoms with Crippen molar-refractivity contribution < 1.29 is 14.7 Å². The molecule has 110 valence electrons. The second-order valence-corrected chi connectivity index (χ2v) is 5.29. The molecule has 0 radical (unpaired) electrons. The summed E-state index contributed by atoms with van der Waals surface area (Å²) < 4.78 is 0. The lowest BCUT2D eigenvalue weighted by atomic mass is 9.96. The van der Waals surface area contributed by atoms with E-state index in [9.17, 15) is 9.59 Å². The lowest BCUT2D eigenvalue weighted by molar-refractivity contribution is -0.142. The van der Waals surface area contributed by atoms with Crippen molar-refractivity contribution in [1.82, 2.24) is 5.32 Å². The molecule has 0 aliphatic carbocycles. The van der Waals surface area contributed by atoms with E-state index in [-0.39, 0.29) is 18.5 Å². The number of carbonyl (C=O) groups is 2. The largest absolute Gasteiger partial charge is 0.481 e. The first-order chi connectivity index (χ1) is 9.32. The topological polar surface area (TPSA) is 78.4 Å². The molecule has 5 nitrogen and oxygen atoms in total. The molecule has 0 fully saturated rings. The maximum absolute atomic E-state index is 11.9. The van der Waals surface area contributed by atoms with E-state index in [0.29, 0.717) is 0 Å². The van der Waals surface area contributed by atoms with E-state index in [0.717, 1.165) is 16.8 Å². The van der Waals surface area contributed by atoms with Crippen LogP contribution in [0.2, 0.25) is 0 Å². The van der Waals surface area contributed by atoms with Gasteiger partial charge in [0.15, 0.2) is 0 Å². The van der Waals surface area contributed by atoms with Gasteiger partial charge in [0.05, 0.1) is 5.92 Å². The Morgan fingerprint density at radius 2 is 1.75 bits per heavy atom. The van der Waals surface area contributed by atoms with E-state index >= 15 is 0 Å². The van der Waals surface area contributed by atoms with Crippen molar-refractivity contribution in [3.63, 3.8) is 0 Å². The summed E-state index contributed by atoms with van der Waals surface area (Å²) in [6.07, 6.45) is 0. The fourth-order valence-electron chi connectivity index (χ4n) is 1.98. The first-order valence-corrected chi connectivity index (χ1v) is 6.66. The molecule has 0 bridgehead atoms. The van der Waals surface area contributed by atoms with Gasteiger partial charge in [-0.2, -0.15) is 0 Å². The maximum atomic E-state index is 11.9. The highest BCUT2D eigenvalue weighted by Crippen LogP contribution is 2.19. The molecule has 0 saturated heterocycles. The van der Waals surface area contributed by atoms with E-state index in [1.165, 1.54) is 0 Å². The summed E-state index contributed by atoms with van der Waals surface area (Å²) >= 11 is 0. The lowest BCUT2D eigenvalue weighted by Gasteiger charge is -2.18. The minimum Gasteiger partial charge on any atom is -0.481 e. The summed E-state index contributed by atoms with van der Waals surface area (Å²) in [5, 5.41) is 14.4. The smallest absolute Gasteiger partial charge is 0.319 e. The number of aryl methyl sites for hydroxylation is 2. The van der Waals surface area contributed by atoms with E-state index in [4.69, 9.17) is 5.11 Å². The van der Waals surface area contributed by atoms with E-state index < -0.39 is 11.9 Å². The van der Waals surface area contributed by atoms with Gasteiger partial charge in [-0.3, -0.25) is 4.79 Å². The molecular weight excluding hydrogens is 256 g/mol. The third kappa shape index (κ3) is 4.26. The standard InChI is InChI=1S/C15H22N2O3/c1-9(2)12(14(18)19)8-16-15(20)17-13-10(3)6-5-7-11(13)4/h5-7,9,12H,8H2,1-4H3,(H,18,19)(H2,16,17,20). The average molecular weight is 278 g/mol. The summed E-state index contributed by atoms with van der Waals surface area (Å²) in [7, 11) is 0. The van der Waals surface area contributed by atoms with Crippen LogP contribution in [0.25, 0.3) is 0 Å². The van der Waals surface area contributed by atoms with Crippen LogP contribution in [0, 0.1) is 25.7 Å². The van der Waals surface area contributed by atoms with E-state index in [1.54, 1.807) is 0 Å². The van der Waals surface area contributed by atoms with Crippen LogP contribution in [-0.2, 0) is 4.79 Å². The van der Waals surface area contributed by atoms with Gasteiger partial charge in [-0.25, -0.2) is 4.79 Å². The van der Waals surface area contributed by atoms with Crippen molar-refractivity contribution in [1.29, 1.82) is 0 Å². The predicted octanol–water partition coefficient (Wildman–Crippen LogP) is 2.78. The van der Waals surface area contributed by atoms with Gasteiger partial charge >= 0.3 is 12.0 Å². The molecule has 1 aromatic rings. The van der Waals surface area contributed by atoms with Crippen molar-refractivity contribution in [3.05, 3.63) is 29.3 Å². The minimum atomic E-state index is -0.896. The van der Waals surface area contributed by atoms with Crippen LogP contribution in [0.4, 0.5) is 10.5 Å². The summed E-state index contributed by atoms with van der Waals surface area (Å²) in [6.45, 7) is 7.59. The van der Waals surface area contributed by atoms with E-state index in [2.05, 4.69) is 10.6 Å². The van der Waals surface area contributed by atoms with Gasteiger partial charge in [0, 0.05) is 12.2 Å². The summed E-state index contributed by atoms with van der Waals surface area (Å²) in [5.74, 6) is -1.51. The zero-order chi connectivity index (χ0) is 15.3. The van der Waals surface area contributed by atoms with Gasteiger partial charge in [-0.15, -0.1) is 0 Å². The normalized spacial score (nSPS) is 12.1. The van der Waals surface area contributed by atoms with Crippen LogP contribution in [0.3, 0.4) is 0 Å². The zero-order valence-corrected chi connectivity index (χ0v) is 12.4. The Morgan fingerprint density at radius 3 is 2.20 bits per heavy atom. The average Bonchev–Trinajstić information content (AvgIpc) is 2.33. The van der Waals surface area contributed by atoms with Gasteiger partial charge in [-0.05, 0) is 30.9 Å². The molecular formula is C15H22N2O3. The number of carboxylic acid groups (broad SMARTS) is 1. The van der Waals surface area contributed by atoms with Crippen molar-refractivity contribution in [2.24, 2.45) is 11.8 Å². The number of carboxylic acids is 1. The highest BCUT2D eigenvalue weighted by atomic mass is 16.4. The lowest BCUT2D eigenvalue weighted by Crippen LogP contribution is -2.38. The molecule has 1 aromatic carbocycles. The molecule has 0 aliphatic heterocycles. The molecule has 0 spiro atoms. The van der Waals surface area contributed by atoms with Crippen LogP contribution in [-0.4, -0.2) is 23.7 Å². The first-order valence-electron chi connectivity index (χ1n) is 6.66. The van der Waals surface area contributed by atoms with Crippen molar-refractivity contribution >= 4 is 17.7 Å². The van der Waals surface area contributed by atoms with Gasteiger partial charge in [0.25, 0.3) is 0 Å². The number of carbonyl (C=O) groups excluding carboxylic acids is 1. The number of benzene rings is 1. The zero-order valence-electron chi connectivity index (χ0n) is 12.4. The predicted molar refractivity (Wildman–Crippen MR) is 78.9 cm³/mol. The Bertz CT molecular complexity index is 478. The number of para-hydroxylation sites is 1. The summed E-state index contributed by atoms with van der Waals surface area (Å²) in [4.78, 5) is 22.9. The first kappa shape index (κ1) is 16.0. The number of hydrogen-bond donors (Lipinski definition) is 3. The molecule has 0 aliphatic rings. The van der Waals surface area contributed by atoms with E-state index in [1.807, 2.05) is 45.9 Å². The molecule has 3 N–H and O–H groups in total. The summed E-state index contributed by atoms with van der Waals surface area (Å²) in [6, 6.07) is 5.37. The number of hydrogen-bond acceptors (Lipinski definition) is 2.